The Morgan fingerprint density at radius 1 is 0.947 bits per heavy atom. The molecule has 4 unspecified atom stereocenters. The molecule has 1 heterocycles. The molecule has 4 atom stereocenters. The van der Waals surface area contributed by atoms with Crippen molar-refractivity contribution in [3.8, 4) is 0 Å². The van der Waals surface area contributed by atoms with Crippen molar-refractivity contribution in [1.29, 1.82) is 0 Å². The lowest BCUT2D eigenvalue weighted by molar-refractivity contribution is 0.0350. The summed E-state index contributed by atoms with van der Waals surface area (Å²) in [5.41, 5.74) is 0. The van der Waals surface area contributed by atoms with E-state index in [-0.39, 0.29) is 0 Å². The zero-order chi connectivity index (χ0) is 14.4. The van der Waals surface area contributed by atoms with E-state index < -0.39 is 0 Å². The van der Waals surface area contributed by atoms with E-state index in [4.69, 9.17) is 0 Å². The summed E-state index contributed by atoms with van der Waals surface area (Å²) in [7, 11) is 0. The Morgan fingerprint density at radius 2 is 1.53 bits per heavy atom. The molecule has 0 spiro atoms. The molecule has 19 heavy (non-hydrogen) atoms. The average Bonchev–Trinajstić information content (AvgIpc) is 2.46. The maximum atomic E-state index is 3.83. The maximum absolute atomic E-state index is 3.83. The molecule has 2 nitrogen and oxygen atoms in total. The Kier molecular flexibility index (Phi) is 7.38. The third-order valence-corrected chi connectivity index (χ3v) is 5.47. The molecule has 0 aromatic rings. The molecule has 1 N–H and O–H groups in total. The highest BCUT2D eigenvalue weighted by Crippen LogP contribution is 2.25. The topological polar surface area (TPSA) is 15.3 Å². The van der Waals surface area contributed by atoms with E-state index in [0.29, 0.717) is 6.04 Å². The third-order valence-electron chi connectivity index (χ3n) is 5.47. The molecular weight excluding hydrogens is 232 g/mol. The van der Waals surface area contributed by atoms with Gasteiger partial charge in [0.2, 0.25) is 0 Å². The highest BCUT2D eigenvalue weighted by atomic mass is 15.3. The normalized spacial score (nSPS) is 28.6. The maximum Gasteiger partial charge on any atom is 0.0249 e. The van der Waals surface area contributed by atoms with E-state index in [9.17, 15) is 0 Å². The second-order valence-electron chi connectivity index (χ2n) is 6.52. The first kappa shape index (κ1) is 17.0. The number of nitrogens with zero attached hydrogens (tertiary/aromatic N) is 1. The van der Waals surface area contributed by atoms with Gasteiger partial charge in [0.25, 0.3) is 0 Å². The van der Waals surface area contributed by atoms with Crippen LogP contribution in [0.15, 0.2) is 0 Å². The summed E-state index contributed by atoms with van der Waals surface area (Å²) >= 11 is 0. The highest BCUT2D eigenvalue weighted by molar-refractivity contribution is 4.92. The van der Waals surface area contributed by atoms with Crippen molar-refractivity contribution in [3.63, 3.8) is 0 Å². The largest absolute Gasteiger partial charge is 0.311 e. The molecule has 1 aliphatic rings. The fourth-order valence-corrected chi connectivity index (χ4v) is 3.46. The summed E-state index contributed by atoms with van der Waals surface area (Å²) in [5, 5.41) is 3.83. The Bertz CT molecular complexity index is 237. The molecule has 0 radical (unpaired) electrons. The lowest BCUT2D eigenvalue weighted by Crippen LogP contribution is -2.62. The third kappa shape index (κ3) is 4.19. The molecule has 1 rings (SSSR count). The van der Waals surface area contributed by atoms with Crippen LogP contribution in [0.1, 0.15) is 67.2 Å². The van der Waals surface area contributed by atoms with Gasteiger partial charge in [-0.3, -0.25) is 4.90 Å². The first-order chi connectivity index (χ1) is 9.08. The van der Waals surface area contributed by atoms with Crippen molar-refractivity contribution in [2.24, 2.45) is 11.8 Å². The average molecular weight is 268 g/mol. The first-order valence-corrected chi connectivity index (χ1v) is 8.57. The predicted octanol–water partition coefficient (Wildman–Crippen LogP) is 3.91. The summed E-state index contributed by atoms with van der Waals surface area (Å²) in [6.07, 6.45) is 5.15. The van der Waals surface area contributed by atoms with Crippen LogP contribution in [0.5, 0.6) is 0 Å². The molecule has 0 saturated carbocycles. The van der Waals surface area contributed by atoms with Gasteiger partial charge >= 0.3 is 0 Å². The molecule has 1 fully saturated rings. The molecular formula is C17H36N2. The zero-order valence-electron chi connectivity index (χ0n) is 14.1. The van der Waals surface area contributed by atoms with Crippen molar-refractivity contribution in [2.75, 3.05) is 13.1 Å². The number of hydrogen-bond donors (Lipinski definition) is 1. The van der Waals surface area contributed by atoms with Gasteiger partial charge in [0.05, 0.1) is 0 Å². The fraction of sp³-hybridized carbons (Fsp3) is 1.00. The lowest BCUT2D eigenvalue weighted by atomic mass is 9.88. The van der Waals surface area contributed by atoms with Crippen molar-refractivity contribution in [3.05, 3.63) is 0 Å². The Balaban J connectivity index is 2.79. The second kappa shape index (κ2) is 8.26. The lowest BCUT2D eigenvalue weighted by Gasteiger charge is -2.48. The van der Waals surface area contributed by atoms with E-state index in [1.54, 1.807) is 0 Å². The van der Waals surface area contributed by atoms with Gasteiger partial charge in [0.1, 0.15) is 0 Å². The molecule has 0 aromatic carbocycles. The van der Waals surface area contributed by atoms with Crippen LogP contribution >= 0.6 is 0 Å². The molecule has 0 aliphatic carbocycles. The van der Waals surface area contributed by atoms with Crippen LogP contribution in [0.25, 0.3) is 0 Å². The monoisotopic (exact) mass is 268 g/mol. The van der Waals surface area contributed by atoms with E-state index in [1.807, 2.05) is 0 Å². The van der Waals surface area contributed by atoms with Crippen LogP contribution < -0.4 is 5.32 Å². The highest BCUT2D eigenvalue weighted by Gasteiger charge is 2.35. The van der Waals surface area contributed by atoms with Gasteiger partial charge in [0, 0.05) is 31.2 Å². The van der Waals surface area contributed by atoms with Gasteiger partial charge in [-0.1, -0.05) is 54.4 Å². The molecule has 1 aliphatic heterocycles. The van der Waals surface area contributed by atoms with Crippen molar-refractivity contribution < 1.29 is 0 Å². The predicted molar refractivity (Wildman–Crippen MR) is 85.6 cm³/mol. The molecule has 2 heteroatoms. The van der Waals surface area contributed by atoms with Gasteiger partial charge < -0.3 is 5.32 Å². The van der Waals surface area contributed by atoms with Gasteiger partial charge in [0.15, 0.2) is 0 Å². The van der Waals surface area contributed by atoms with Crippen molar-refractivity contribution >= 4 is 0 Å². The number of nitrogens with one attached hydrogen (secondary N) is 1. The smallest absolute Gasteiger partial charge is 0.0249 e. The fourth-order valence-electron chi connectivity index (χ4n) is 3.46. The van der Waals surface area contributed by atoms with E-state index in [2.05, 4.69) is 51.8 Å². The number of piperazine rings is 1. The minimum Gasteiger partial charge on any atom is -0.311 e. The summed E-state index contributed by atoms with van der Waals surface area (Å²) in [6.45, 7) is 16.6. The molecule has 1 saturated heterocycles. The minimum absolute atomic E-state index is 0.686. The van der Waals surface area contributed by atoms with Gasteiger partial charge in [-0.15, -0.1) is 0 Å². The van der Waals surface area contributed by atoms with Gasteiger partial charge in [-0.2, -0.15) is 0 Å². The van der Waals surface area contributed by atoms with Crippen LogP contribution in [-0.4, -0.2) is 36.1 Å². The summed E-state index contributed by atoms with van der Waals surface area (Å²) in [5.74, 6) is 1.58. The molecule has 0 aromatic heterocycles. The Labute approximate surface area is 121 Å². The van der Waals surface area contributed by atoms with Crippen molar-refractivity contribution in [1.82, 2.24) is 10.2 Å². The van der Waals surface area contributed by atoms with Gasteiger partial charge in [-0.25, -0.2) is 0 Å². The van der Waals surface area contributed by atoms with Crippen LogP contribution in [0.4, 0.5) is 0 Å². The summed E-state index contributed by atoms with van der Waals surface area (Å²) < 4.78 is 0. The zero-order valence-corrected chi connectivity index (χ0v) is 14.1. The van der Waals surface area contributed by atoms with Crippen LogP contribution in [-0.2, 0) is 0 Å². The minimum atomic E-state index is 0.686. The first-order valence-electron chi connectivity index (χ1n) is 8.57. The standard InChI is InChI=1S/C17H36N2/c1-7-13(5)16-12-19(15(9-3)10-4)17(11-18-16)14(6)8-2/h13-18H,7-12H2,1-6H3. The second-order valence-corrected chi connectivity index (χ2v) is 6.52. The Hall–Kier alpha value is -0.0800. The SMILES string of the molecule is CCC(C)C1CN(C(CC)CC)C(C(C)CC)CN1. The van der Waals surface area contributed by atoms with E-state index >= 15 is 0 Å². The molecule has 114 valence electrons. The van der Waals surface area contributed by atoms with E-state index in [1.165, 1.54) is 38.8 Å². The number of hydrogen-bond acceptors (Lipinski definition) is 2. The van der Waals surface area contributed by atoms with E-state index in [0.717, 1.165) is 23.9 Å². The number of rotatable bonds is 7. The molecule has 0 bridgehead atoms. The van der Waals surface area contributed by atoms with Crippen LogP contribution in [0.3, 0.4) is 0 Å². The van der Waals surface area contributed by atoms with Crippen LogP contribution in [0.2, 0.25) is 0 Å². The van der Waals surface area contributed by atoms with Crippen LogP contribution in [0, 0.1) is 11.8 Å². The Morgan fingerprint density at radius 3 is 2.00 bits per heavy atom. The molecule has 0 amide bonds. The van der Waals surface area contributed by atoms with Crippen molar-refractivity contribution in [2.45, 2.75) is 85.4 Å². The van der Waals surface area contributed by atoms with Gasteiger partial charge in [-0.05, 0) is 24.7 Å². The summed E-state index contributed by atoms with van der Waals surface area (Å²) in [4.78, 5) is 2.83. The summed E-state index contributed by atoms with van der Waals surface area (Å²) in [6, 6.07) is 2.19. The quantitative estimate of drug-likeness (QED) is 0.753.